The van der Waals surface area contributed by atoms with Crippen molar-refractivity contribution in [3.63, 3.8) is 0 Å². The van der Waals surface area contributed by atoms with Crippen molar-refractivity contribution < 1.29 is 0 Å². The molecule has 5 nitrogen and oxygen atoms in total. The number of hydrogen-bond donors (Lipinski definition) is 1. The molecule has 0 unspecified atom stereocenters. The molecular formula is C14H15N5. The van der Waals surface area contributed by atoms with Crippen molar-refractivity contribution in [1.82, 2.24) is 19.7 Å². The van der Waals surface area contributed by atoms with Gasteiger partial charge in [-0.2, -0.15) is 5.10 Å². The zero-order chi connectivity index (χ0) is 13.1. The zero-order valence-electron chi connectivity index (χ0n) is 10.7. The van der Waals surface area contributed by atoms with Crippen molar-refractivity contribution in [3.05, 3.63) is 48.5 Å². The van der Waals surface area contributed by atoms with Gasteiger partial charge in [0.2, 0.25) is 0 Å². The number of aromatic nitrogens is 4. The number of fused-ring (bicyclic) bond motifs is 1. The van der Waals surface area contributed by atoms with Crippen LogP contribution in [0.25, 0.3) is 11.0 Å². The van der Waals surface area contributed by atoms with Crippen molar-refractivity contribution in [2.75, 3.05) is 5.32 Å². The molecule has 0 aliphatic heterocycles. The first-order valence-corrected chi connectivity index (χ1v) is 6.32. The highest BCUT2D eigenvalue weighted by atomic mass is 15.3. The molecule has 0 radical (unpaired) electrons. The van der Waals surface area contributed by atoms with E-state index in [2.05, 4.69) is 27.3 Å². The van der Waals surface area contributed by atoms with Gasteiger partial charge in [-0.05, 0) is 19.1 Å². The molecule has 0 aliphatic carbocycles. The third-order valence-electron chi connectivity index (χ3n) is 2.93. The second kappa shape index (κ2) is 5.06. The van der Waals surface area contributed by atoms with E-state index in [1.54, 1.807) is 6.20 Å². The summed E-state index contributed by atoms with van der Waals surface area (Å²) in [6.45, 7) is 3.58. The third-order valence-corrected chi connectivity index (χ3v) is 2.93. The lowest BCUT2D eigenvalue weighted by Gasteiger charge is -2.04. The summed E-state index contributed by atoms with van der Waals surface area (Å²) >= 11 is 0. The molecule has 0 atom stereocenters. The van der Waals surface area contributed by atoms with Gasteiger partial charge in [-0.1, -0.05) is 12.1 Å². The predicted octanol–water partition coefficient (Wildman–Crippen LogP) is 2.46. The maximum atomic E-state index is 4.57. The van der Waals surface area contributed by atoms with Crippen molar-refractivity contribution in [2.45, 2.75) is 20.0 Å². The summed E-state index contributed by atoms with van der Waals surface area (Å²) in [5, 5.41) is 7.51. The largest absolute Gasteiger partial charge is 0.377 e. The van der Waals surface area contributed by atoms with E-state index in [0.717, 1.165) is 29.0 Å². The first-order chi connectivity index (χ1) is 9.35. The number of anilines is 1. The molecule has 1 N–H and O–H groups in total. The molecule has 3 aromatic rings. The minimum absolute atomic E-state index is 0.646. The Morgan fingerprint density at radius 1 is 1.16 bits per heavy atom. The first kappa shape index (κ1) is 11.6. The lowest BCUT2D eigenvalue weighted by atomic mass is 10.3. The van der Waals surface area contributed by atoms with Gasteiger partial charge in [0.25, 0.3) is 0 Å². The zero-order valence-corrected chi connectivity index (χ0v) is 10.7. The van der Waals surface area contributed by atoms with Crippen LogP contribution >= 0.6 is 0 Å². The number of nitrogens with zero attached hydrogens (tertiary/aromatic N) is 4. The second-order valence-electron chi connectivity index (χ2n) is 4.29. The van der Waals surface area contributed by atoms with Crippen molar-refractivity contribution >= 4 is 16.7 Å². The average molecular weight is 253 g/mol. The van der Waals surface area contributed by atoms with Crippen molar-refractivity contribution in [3.8, 4) is 0 Å². The molecule has 0 saturated heterocycles. The Kier molecular flexibility index (Phi) is 3.10. The molecule has 0 spiro atoms. The van der Waals surface area contributed by atoms with Gasteiger partial charge in [-0.25, -0.2) is 4.98 Å². The van der Waals surface area contributed by atoms with Gasteiger partial charge in [-0.3, -0.25) is 9.67 Å². The molecule has 2 heterocycles. The van der Waals surface area contributed by atoms with Crippen LogP contribution in [0.15, 0.2) is 42.9 Å². The van der Waals surface area contributed by atoms with Gasteiger partial charge in [0, 0.05) is 12.7 Å². The number of aryl methyl sites for hydroxylation is 1. The lowest BCUT2D eigenvalue weighted by molar-refractivity contribution is 0.660. The quantitative estimate of drug-likeness (QED) is 0.776. The second-order valence-corrected chi connectivity index (χ2v) is 4.29. The van der Waals surface area contributed by atoms with E-state index in [4.69, 9.17) is 0 Å². The number of hydrogen-bond acceptors (Lipinski definition) is 4. The maximum Gasteiger partial charge on any atom is 0.0890 e. The van der Waals surface area contributed by atoms with E-state index in [1.165, 1.54) is 0 Å². The predicted molar refractivity (Wildman–Crippen MR) is 74.8 cm³/mol. The van der Waals surface area contributed by atoms with E-state index in [-0.39, 0.29) is 0 Å². The lowest BCUT2D eigenvalue weighted by Crippen LogP contribution is -2.02. The van der Waals surface area contributed by atoms with Gasteiger partial charge >= 0.3 is 0 Å². The summed E-state index contributed by atoms with van der Waals surface area (Å²) < 4.78 is 1.88. The van der Waals surface area contributed by atoms with E-state index < -0.39 is 0 Å². The van der Waals surface area contributed by atoms with Gasteiger partial charge in [0.05, 0.1) is 41.4 Å². The maximum absolute atomic E-state index is 4.57. The molecule has 0 aliphatic rings. The Labute approximate surface area is 111 Å². The van der Waals surface area contributed by atoms with Crippen LogP contribution in [-0.4, -0.2) is 19.7 Å². The normalized spacial score (nSPS) is 10.8. The van der Waals surface area contributed by atoms with Crippen LogP contribution in [0.5, 0.6) is 0 Å². The number of para-hydroxylation sites is 2. The van der Waals surface area contributed by atoms with Gasteiger partial charge < -0.3 is 5.32 Å². The summed E-state index contributed by atoms with van der Waals surface area (Å²) in [5.74, 6) is 0. The van der Waals surface area contributed by atoms with Gasteiger partial charge in [0.1, 0.15) is 0 Å². The van der Waals surface area contributed by atoms with Crippen LogP contribution in [0.4, 0.5) is 5.69 Å². The summed E-state index contributed by atoms with van der Waals surface area (Å²) in [6, 6.07) is 7.87. The number of rotatable bonds is 4. The SMILES string of the molecule is CCn1cc(NCc2cnc3ccccc3n2)cn1. The third kappa shape index (κ3) is 2.54. The van der Waals surface area contributed by atoms with Gasteiger partial charge in [-0.15, -0.1) is 0 Å². The summed E-state index contributed by atoms with van der Waals surface area (Å²) in [7, 11) is 0. The molecule has 2 aromatic heterocycles. The minimum atomic E-state index is 0.646. The van der Waals surface area contributed by atoms with E-state index >= 15 is 0 Å². The van der Waals surface area contributed by atoms with Crippen LogP contribution in [-0.2, 0) is 13.1 Å². The van der Waals surface area contributed by atoms with Crippen LogP contribution in [0, 0.1) is 0 Å². The molecule has 0 amide bonds. The number of benzene rings is 1. The monoisotopic (exact) mass is 253 g/mol. The fraction of sp³-hybridized carbons (Fsp3) is 0.214. The highest BCUT2D eigenvalue weighted by Crippen LogP contribution is 2.10. The molecule has 96 valence electrons. The molecule has 0 fully saturated rings. The van der Waals surface area contributed by atoms with E-state index in [0.29, 0.717) is 6.54 Å². The Balaban J connectivity index is 1.74. The minimum Gasteiger partial charge on any atom is -0.377 e. The first-order valence-electron chi connectivity index (χ1n) is 6.32. The topological polar surface area (TPSA) is 55.6 Å². The summed E-state index contributed by atoms with van der Waals surface area (Å²) in [4.78, 5) is 8.96. The Hall–Kier alpha value is -2.43. The van der Waals surface area contributed by atoms with Crippen molar-refractivity contribution in [1.29, 1.82) is 0 Å². The van der Waals surface area contributed by atoms with Gasteiger partial charge in [0.15, 0.2) is 0 Å². The molecule has 1 aromatic carbocycles. The smallest absolute Gasteiger partial charge is 0.0890 e. The van der Waals surface area contributed by atoms with E-state index in [1.807, 2.05) is 41.3 Å². The Bertz CT molecular complexity index is 689. The van der Waals surface area contributed by atoms with Crippen LogP contribution in [0.3, 0.4) is 0 Å². The molecule has 0 saturated carbocycles. The fourth-order valence-electron chi connectivity index (χ4n) is 1.90. The molecule has 3 rings (SSSR count). The highest BCUT2D eigenvalue weighted by molar-refractivity contribution is 5.73. The summed E-state index contributed by atoms with van der Waals surface area (Å²) in [5.41, 5.74) is 3.76. The summed E-state index contributed by atoms with van der Waals surface area (Å²) in [6.07, 6.45) is 5.60. The van der Waals surface area contributed by atoms with Crippen LogP contribution < -0.4 is 5.32 Å². The molecule has 19 heavy (non-hydrogen) atoms. The standard InChI is InChI=1S/C14H15N5/c1-2-19-10-12(9-17-19)15-7-11-8-16-13-5-3-4-6-14(13)18-11/h3-6,8-10,15H,2,7H2,1H3. The molecule has 0 bridgehead atoms. The highest BCUT2D eigenvalue weighted by Gasteiger charge is 2.01. The van der Waals surface area contributed by atoms with E-state index in [9.17, 15) is 0 Å². The number of nitrogens with one attached hydrogen (secondary N) is 1. The molecule has 5 heteroatoms. The van der Waals surface area contributed by atoms with Crippen LogP contribution in [0.1, 0.15) is 12.6 Å². The van der Waals surface area contributed by atoms with Crippen molar-refractivity contribution in [2.24, 2.45) is 0 Å². The Morgan fingerprint density at radius 2 is 2.00 bits per heavy atom. The Morgan fingerprint density at radius 3 is 2.79 bits per heavy atom. The fourth-order valence-corrected chi connectivity index (χ4v) is 1.90. The average Bonchev–Trinajstić information content (AvgIpc) is 2.93. The van der Waals surface area contributed by atoms with Crippen LogP contribution in [0.2, 0.25) is 0 Å². The molecular weight excluding hydrogens is 238 g/mol.